The number of hydrogen-bond donors (Lipinski definition) is 2. The summed E-state index contributed by atoms with van der Waals surface area (Å²) in [6.45, 7) is 5.34. The van der Waals surface area contributed by atoms with Crippen molar-refractivity contribution in [2.24, 2.45) is 0 Å². The minimum Gasteiger partial charge on any atom is -0.491 e. The number of rotatable bonds is 6. The Bertz CT molecular complexity index is 868. The van der Waals surface area contributed by atoms with Gasteiger partial charge in [-0.25, -0.2) is 9.78 Å². The molecule has 2 atom stereocenters. The molecule has 0 bridgehead atoms. The number of anilines is 1. The van der Waals surface area contributed by atoms with Crippen LogP contribution < -0.4 is 14.4 Å². The Morgan fingerprint density at radius 1 is 1.33 bits per heavy atom. The first kappa shape index (κ1) is 21.9. The summed E-state index contributed by atoms with van der Waals surface area (Å²) in [5, 5.41) is 16.2. The number of carbonyl (C=O) groups excluding carboxylic acids is 1. The predicted molar refractivity (Wildman–Crippen MR) is 111 cm³/mol. The van der Waals surface area contributed by atoms with Gasteiger partial charge in [0.25, 0.3) is 0 Å². The zero-order valence-electron chi connectivity index (χ0n) is 17.6. The average Bonchev–Trinajstić information content (AvgIpc) is 3.28. The molecular formula is C21H29N3O6. The molecule has 0 saturated carbocycles. The van der Waals surface area contributed by atoms with Gasteiger partial charge in [-0.3, -0.25) is 4.90 Å². The van der Waals surface area contributed by atoms with E-state index < -0.39 is 0 Å². The lowest BCUT2D eigenvalue weighted by Crippen LogP contribution is -2.33. The lowest BCUT2D eigenvalue weighted by Gasteiger charge is -2.18. The third-order valence-corrected chi connectivity index (χ3v) is 4.97. The Morgan fingerprint density at radius 2 is 2.13 bits per heavy atom. The first-order chi connectivity index (χ1) is 14.6. The molecule has 1 fully saturated rings. The molecule has 30 heavy (non-hydrogen) atoms. The number of ether oxygens (including phenoxy) is 3. The van der Waals surface area contributed by atoms with E-state index in [0.717, 1.165) is 31.3 Å². The Morgan fingerprint density at radius 3 is 2.87 bits per heavy atom. The molecule has 0 aliphatic carbocycles. The van der Waals surface area contributed by atoms with Gasteiger partial charge in [-0.2, -0.15) is 0 Å². The van der Waals surface area contributed by atoms with Crippen LogP contribution in [-0.4, -0.2) is 64.9 Å². The second-order valence-electron chi connectivity index (χ2n) is 7.12. The number of carbonyl (C=O) groups is 1. The molecular weight excluding hydrogens is 390 g/mol. The van der Waals surface area contributed by atoms with Crippen molar-refractivity contribution in [2.45, 2.75) is 45.4 Å². The molecule has 9 heteroatoms. The summed E-state index contributed by atoms with van der Waals surface area (Å²) in [5.41, 5.74) is 0.840. The summed E-state index contributed by atoms with van der Waals surface area (Å²) in [6.07, 6.45) is 3.09. The van der Waals surface area contributed by atoms with E-state index in [1.165, 1.54) is 0 Å². The van der Waals surface area contributed by atoms with E-state index in [-0.39, 0.29) is 24.8 Å². The molecule has 3 heterocycles. The highest BCUT2D eigenvalue weighted by Crippen LogP contribution is 2.37. The minimum absolute atomic E-state index is 0.0168. The van der Waals surface area contributed by atoms with Gasteiger partial charge in [0.05, 0.1) is 24.8 Å². The zero-order chi connectivity index (χ0) is 21.7. The highest BCUT2D eigenvalue weighted by atomic mass is 16.6. The molecule has 2 aromatic rings. The molecule has 2 aliphatic heterocycles. The average molecular weight is 419 g/mol. The van der Waals surface area contributed by atoms with Crippen molar-refractivity contribution in [2.75, 3.05) is 31.8 Å². The lowest BCUT2D eigenvalue weighted by molar-refractivity contribution is 0.129. The fraction of sp³-hybridized carbons (Fsp3) is 0.524. The van der Waals surface area contributed by atoms with Crippen molar-refractivity contribution in [1.82, 2.24) is 9.55 Å². The fourth-order valence-electron chi connectivity index (χ4n) is 3.59. The maximum absolute atomic E-state index is 12.3. The van der Waals surface area contributed by atoms with Gasteiger partial charge in [0, 0.05) is 19.4 Å². The maximum atomic E-state index is 12.3. The molecule has 0 radical (unpaired) electrons. The van der Waals surface area contributed by atoms with Crippen molar-refractivity contribution in [3.8, 4) is 22.9 Å². The van der Waals surface area contributed by atoms with Crippen molar-refractivity contribution >= 4 is 11.9 Å². The summed E-state index contributed by atoms with van der Waals surface area (Å²) in [7, 11) is 1.00. The van der Waals surface area contributed by atoms with E-state index >= 15 is 0 Å². The largest absolute Gasteiger partial charge is 0.491 e. The fourth-order valence-corrected chi connectivity index (χ4v) is 3.59. The third-order valence-electron chi connectivity index (χ3n) is 4.97. The van der Waals surface area contributed by atoms with Crippen LogP contribution >= 0.6 is 0 Å². The van der Waals surface area contributed by atoms with Gasteiger partial charge in [0.15, 0.2) is 5.82 Å². The van der Waals surface area contributed by atoms with Crippen molar-refractivity contribution < 1.29 is 29.2 Å². The number of hydrogen-bond acceptors (Lipinski definition) is 7. The molecule has 1 saturated heterocycles. The van der Waals surface area contributed by atoms with Gasteiger partial charge < -0.3 is 29.0 Å². The molecule has 0 spiro atoms. The lowest BCUT2D eigenvalue weighted by atomic mass is 10.1. The molecule has 1 amide bonds. The number of fused-ring (bicyclic) bond motifs is 3. The Balaban J connectivity index is 0.00000124. The summed E-state index contributed by atoms with van der Waals surface area (Å²) in [5.74, 6) is 2.66. The number of nitrogens with zero attached hydrogens (tertiary/aromatic N) is 3. The van der Waals surface area contributed by atoms with E-state index in [0.29, 0.717) is 37.1 Å². The van der Waals surface area contributed by atoms with E-state index in [9.17, 15) is 9.90 Å². The SMILES string of the molecule is CCC[C@@H]1COC(=O)N1c1cn2c(n1)-c1ccc(O[C@@H](C)CO)cc1OCC2.CO. The number of aliphatic hydroxyl groups excluding tert-OH is 2. The predicted octanol–water partition coefficient (Wildman–Crippen LogP) is 2.44. The number of aliphatic hydroxyl groups is 2. The molecule has 164 valence electrons. The Kier molecular flexibility index (Phi) is 7.17. The van der Waals surface area contributed by atoms with Crippen molar-refractivity contribution in [3.05, 3.63) is 24.4 Å². The molecule has 1 aromatic heterocycles. The van der Waals surface area contributed by atoms with Crippen molar-refractivity contribution in [3.63, 3.8) is 0 Å². The van der Waals surface area contributed by atoms with Crippen LogP contribution in [0.25, 0.3) is 11.4 Å². The minimum atomic E-state index is -0.343. The molecule has 1 aromatic carbocycles. The topological polar surface area (TPSA) is 106 Å². The van der Waals surface area contributed by atoms with E-state index in [4.69, 9.17) is 24.3 Å². The van der Waals surface area contributed by atoms with Crippen LogP contribution in [0, 0.1) is 0 Å². The van der Waals surface area contributed by atoms with Crippen molar-refractivity contribution in [1.29, 1.82) is 0 Å². The summed E-state index contributed by atoms with van der Waals surface area (Å²) in [6, 6.07) is 5.56. The Labute approximate surface area is 175 Å². The van der Waals surface area contributed by atoms with Crippen LogP contribution in [0.15, 0.2) is 24.4 Å². The third kappa shape index (κ3) is 4.36. The number of aromatic nitrogens is 2. The molecule has 0 unspecified atom stereocenters. The van der Waals surface area contributed by atoms with Gasteiger partial charge in [0.2, 0.25) is 0 Å². The van der Waals surface area contributed by atoms with Gasteiger partial charge in [-0.1, -0.05) is 13.3 Å². The molecule has 9 nitrogen and oxygen atoms in total. The molecule has 4 rings (SSSR count). The quantitative estimate of drug-likeness (QED) is 0.741. The second-order valence-corrected chi connectivity index (χ2v) is 7.12. The van der Waals surface area contributed by atoms with Crippen LogP contribution in [0.5, 0.6) is 11.5 Å². The monoisotopic (exact) mass is 419 g/mol. The van der Waals surface area contributed by atoms with Crippen LogP contribution in [0.2, 0.25) is 0 Å². The first-order valence-electron chi connectivity index (χ1n) is 10.1. The van der Waals surface area contributed by atoms with E-state index in [1.54, 1.807) is 11.8 Å². The Hall–Kier alpha value is -2.78. The number of benzene rings is 1. The molecule has 2 N–H and O–H groups in total. The number of imidazole rings is 1. The first-order valence-corrected chi connectivity index (χ1v) is 10.1. The zero-order valence-corrected chi connectivity index (χ0v) is 17.6. The van der Waals surface area contributed by atoms with Gasteiger partial charge in [-0.15, -0.1) is 0 Å². The van der Waals surface area contributed by atoms with Crippen LogP contribution in [0.1, 0.15) is 26.7 Å². The van der Waals surface area contributed by atoms with E-state index in [2.05, 4.69) is 6.92 Å². The van der Waals surface area contributed by atoms with Crippen LogP contribution in [0.3, 0.4) is 0 Å². The normalized spacial score (nSPS) is 18.2. The number of amides is 1. The standard InChI is InChI=1S/C20H25N3O5.CH4O/c1-3-4-14-12-27-20(25)23(14)18-10-22-7-8-26-17-9-15(28-13(2)11-24)5-6-16(17)19(22)21-18;1-2/h5-6,9-10,13-14,24H,3-4,7-8,11-12H2,1-2H3;2H,1H3/t13-,14+;/m0./s1. The highest BCUT2D eigenvalue weighted by molar-refractivity contribution is 5.89. The smallest absolute Gasteiger partial charge is 0.415 e. The van der Waals surface area contributed by atoms with E-state index in [1.807, 2.05) is 29.0 Å². The summed E-state index contributed by atoms with van der Waals surface area (Å²) < 4.78 is 18.8. The number of cyclic esters (lactones) is 1. The van der Waals surface area contributed by atoms with Gasteiger partial charge in [-0.05, 0) is 25.5 Å². The highest BCUT2D eigenvalue weighted by Gasteiger charge is 2.36. The second kappa shape index (κ2) is 9.82. The molecule has 2 aliphatic rings. The maximum Gasteiger partial charge on any atom is 0.415 e. The summed E-state index contributed by atoms with van der Waals surface area (Å²) in [4.78, 5) is 18.7. The van der Waals surface area contributed by atoms with Crippen LogP contribution in [0.4, 0.5) is 10.6 Å². The van der Waals surface area contributed by atoms with Gasteiger partial charge in [0.1, 0.15) is 36.6 Å². The van der Waals surface area contributed by atoms with Crippen LogP contribution in [-0.2, 0) is 11.3 Å². The van der Waals surface area contributed by atoms with Gasteiger partial charge >= 0.3 is 6.09 Å². The summed E-state index contributed by atoms with van der Waals surface area (Å²) >= 11 is 0.